The van der Waals surface area contributed by atoms with Gasteiger partial charge in [0.1, 0.15) is 0 Å². The van der Waals surface area contributed by atoms with E-state index in [4.69, 9.17) is 5.11 Å². The Balaban J connectivity index is 4.31. The van der Waals surface area contributed by atoms with Gasteiger partial charge in [0, 0.05) is 23.3 Å². The van der Waals surface area contributed by atoms with Crippen LogP contribution in [0.15, 0.2) is 0 Å². The van der Waals surface area contributed by atoms with Crippen molar-refractivity contribution >= 4 is 23.8 Å². The number of amides is 2. The zero-order valence-corrected chi connectivity index (χ0v) is 14.0. The summed E-state index contributed by atoms with van der Waals surface area (Å²) in [7, 11) is 0. The highest BCUT2D eigenvalue weighted by Crippen LogP contribution is 2.29. The molecule has 0 aliphatic carbocycles. The molecule has 0 saturated heterocycles. The smallest absolute Gasteiger partial charge is 0.315 e. The maximum atomic E-state index is 11.9. The molecule has 3 N–H and O–H groups in total. The van der Waals surface area contributed by atoms with Gasteiger partial charge in [0.15, 0.2) is 0 Å². The zero-order valence-electron chi connectivity index (χ0n) is 13.2. The van der Waals surface area contributed by atoms with E-state index >= 15 is 0 Å². The molecule has 6 heteroatoms. The van der Waals surface area contributed by atoms with Crippen LogP contribution in [0.5, 0.6) is 0 Å². The molecule has 0 saturated carbocycles. The first kappa shape index (κ1) is 19.1. The van der Waals surface area contributed by atoms with E-state index in [0.717, 1.165) is 12.8 Å². The lowest BCUT2D eigenvalue weighted by atomic mass is 9.98. The number of carbonyl (C=O) groups is 2. The maximum Gasteiger partial charge on any atom is 0.315 e. The van der Waals surface area contributed by atoms with Crippen LogP contribution in [-0.2, 0) is 4.79 Å². The first-order valence-corrected chi connectivity index (χ1v) is 8.25. The number of aliphatic carboxylic acids is 1. The predicted octanol–water partition coefficient (Wildman–Crippen LogP) is 2.85. The number of carboxylic acids is 1. The minimum absolute atomic E-state index is 0.0476. The molecule has 0 spiro atoms. The van der Waals surface area contributed by atoms with Gasteiger partial charge >= 0.3 is 12.0 Å². The first-order valence-electron chi connectivity index (χ1n) is 7.03. The molecule has 0 aromatic carbocycles. The van der Waals surface area contributed by atoms with Gasteiger partial charge in [0.25, 0.3) is 0 Å². The van der Waals surface area contributed by atoms with Crippen molar-refractivity contribution in [2.24, 2.45) is 0 Å². The largest absolute Gasteiger partial charge is 0.481 e. The average Bonchev–Trinajstić information content (AvgIpc) is 2.38. The highest BCUT2D eigenvalue weighted by atomic mass is 32.2. The Morgan fingerprint density at radius 2 is 1.75 bits per heavy atom. The van der Waals surface area contributed by atoms with E-state index in [1.165, 1.54) is 0 Å². The normalized spacial score (nSPS) is 12.1. The summed E-state index contributed by atoms with van der Waals surface area (Å²) in [4.78, 5) is 22.5. The second-order valence-corrected chi connectivity index (χ2v) is 6.95. The standard InChI is InChI=1S/C14H28N2O3S/c1-6-14(7-2,20-5)10-15-12(19)16-13(3,4)9-8-11(17)18/h6-10H2,1-5H3,(H,17,18)(H2,15,16,19). The predicted molar refractivity (Wildman–Crippen MR) is 84.3 cm³/mol. The van der Waals surface area contributed by atoms with Gasteiger partial charge in [-0.05, 0) is 39.4 Å². The van der Waals surface area contributed by atoms with Crippen LogP contribution in [0.4, 0.5) is 4.79 Å². The molecule has 0 aromatic rings. The molecule has 0 aliphatic heterocycles. The third kappa shape index (κ3) is 7.03. The molecule has 0 aliphatic rings. The lowest BCUT2D eigenvalue weighted by molar-refractivity contribution is -0.137. The number of thioether (sulfide) groups is 1. The van der Waals surface area contributed by atoms with Crippen molar-refractivity contribution in [2.45, 2.75) is 63.7 Å². The van der Waals surface area contributed by atoms with Crippen molar-refractivity contribution in [3.63, 3.8) is 0 Å². The molecule has 0 radical (unpaired) electrons. The summed E-state index contributed by atoms with van der Waals surface area (Å²) in [6.07, 6.45) is 4.50. The maximum absolute atomic E-state index is 11.9. The Hall–Kier alpha value is -0.910. The van der Waals surface area contributed by atoms with E-state index < -0.39 is 11.5 Å². The fraction of sp³-hybridized carbons (Fsp3) is 0.857. The highest BCUT2D eigenvalue weighted by Gasteiger charge is 2.27. The van der Waals surface area contributed by atoms with Crippen LogP contribution in [0, 0.1) is 0 Å². The van der Waals surface area contributed by atoms with Gasteiger partial charge in [0.2, 0.25) is 0 Å². The second-order valence-electron chi connectivity index (χ2n) is 5.68. The molecule has 0 rings (SSSR count). The summed E-state index contributed by atoms with van der Waals surface area (Å²) in [6.45, 7) is 8.52. The van der Waals surface area contributed by atoms with Gasteiger partial charge in [-0.3, -0.25) is 4.79 Å². The summed E-state index contributed by atoms with van der Waals surface area (Å²) in [6, 6.07) is -0.235. The zero-order chi connectivity index (χ0) is 15.8. The third-order valence-corrected chi connectivity index (χ3v) is 5.30. The van der Waals surface area contributed by atoms with Gasteiger partial charge in [-0.15, -0.1) is 0 Å². The second kappa shape index (κ2) is 8.39. The lowest BCUT2D eigenvalue weighted by Gasteiger charge is -2.31. The van der Waals surface area contributed by atoms with E-state index in [0.29, 0.717) is 13.0 Å². The number of hydrogen-bond donors (Lipinski definition) is 3. The minimum Gasteiger partial charge on any atom is -0.481 e. The van der Waals surface area contributed by atoms with Gasteiger partial charge in [-0.25, -0.2) is 4.79 Å². The van der Waals surface area contributed by atoms with Crippen LogP contribution in [0.1, 0.15) is 53.4 Å². The summed E-state index contributed by atoms with van der Waals surface area (Å²) >= 11 is 1.77. The molecule has 0 fully saturated rings. The Morgan fingerprint density at radius 1 is 1.20 bits per heavy atom. The van der Waals surface area contributed by atoms with Crippen LogP contribution >= 0.6 is 11.8 Å². The summed E-state index contributed by atoms with van der Waals surface area (Å²) in [5.74, 6) is -0.848. The molecule has 5 nitrogen and oxygen atoms in total. The van der Waals surface area contributed by atoms with Crippen molar-refractivity contribution in [3.05, 3.63) is 0 Å². The van der Waals surface area contributed by atoms with Gasteiger partial charge in [0.05, 0.1) is 0 Å². The monoisotopic (exact) mass is 304 g/mol. The van der Waals surface area contributed by atoms with Crippen LogP contribution in [-0.4, -0.2) is 40.2 Å². The van der Waals surface area contributed by atoms with Gasteiger partial charge in [-0.1, -0.05) is 13.8 Å². The highest BCUT2D eigenvalue weighted by molar-refractivity contribution is 8.00. The van der Waals surface area contributed by atoms with Crippen molar-refractivity contribution in [1.82, 2.24) is 10.6 Å². The number of nitrogens with one attached hydrogen (secondary N) is 2. The van der Waals surface area contributed by atoms with E-state index in [2.05, 4.69) is 30.7 Å². The summed E-state index contributed by atoms with van der Waals surface area (Å²) in [5, 5.41) is 14.4. The summed E-state index contributed by atoms with van der Waals surface area (Å²) in [5.41, 5.74) is -0.525. The SMILES string of the molecule is CCC(CC)(CNC(=O)NC(C)(C)CCC(=O)O)SC. The molecular formula is C14H28N2O3S. The first-order chi connectivity index (χ1) is 9.20. The molecule has 2 amide bonds. The third-order valence-electron chi connectivity index (χ3n) is 3.71. The van der Waals surface area contributed by atoms with Crippen LogP contribution in [0.2, 0.25) is 0 Å². The molecule has 0 aromatic heterocycles. The Bertz CT molecular complexity index is 320. The van der Waals surface area contributed by atoms with Crippen molar-refractivity contribution in [2.75, 3.05) is 12.8 Å². The van der Waals surface area contributed by atoms with Crippen molar-refractivity contribution in [1.29, 1.82) is 0 Å². The average molecular weight is 304 g/mol. The number of urea groups is 1. The van der Waals surface area contributed by atoms with Crippen molar-refractivity contribution < 1.29 is 14.7 Å². The number of rotatable bonds is 9. The Labute approximate surface area is 126 Å². The van der Waals surface area contributed by atoms with Crippen molar-refractivity contribution in [3.8, 4) is 0 Å². The number of carboxylic acid groups (broad SMARTS) is 1. The molecular weight excluding hydrogens is 276 g/mol. The molecule has 0 heterocycles. The molecule has 20 heavy (non-hydrogen) atoms. The quantitative estimate of drug-likeness (QED) is 0.612. The molecule has 0 bridgehead atoms. The van der Waals surface area contributed by atoms with Crippen LogP contribution in [0.3, 0.4) is 0 Å². The molecule has 0 atom stereocenters. The fourth-order valence-corrected chi connectivity index (χ4v) is 2.73. The molecule has 0 unspecified atom stereocenters. The lowest BCUT2D eigenvalue weighted by Crippen LogP contribution is -2.51. The van der Waals surface area contributed by atoms with E-state index in [9.17, 15) is 9.59 Å². The van der Waals surface area contributed by atoms with Crippen LogP contribution < -0.4 is 10.6 Å². The summed E-state index contributed by atoms with van der Waals surface area (Å²) < 4.78 is 0.0720. The topological polar surface area (TPSA) is 78.4 Å². The fourth-order valence-electron chi connectivity index (χ4n) is 1.94. The number of carbonyl (C=O) groups excluding carboxylic acids is 1. The van der Waals surface area contributed by atoms with Gasteiger partial charge < -0.3 is 15.7 Å². The van der Waals surface area contributed by atoms with Crippen LogP contribution in [0.25, 0.3) is 0 Å². The van der Waals surface area contributed by atoms with E-state index in [1.54, 1.807) is 11.8 Å². The molecule has 118 valence electrons. The number of hydrogen-bond acceptors (Lipinski definition) is 3. The van der Waals surface area contributed by atoms with E-state index in [1.807, 2.05) is 13.8 Å². The minimum atomic E-state index is -0.848. The van der Waals surface area contributed by atoms with Gasteiger partial charge in [-0.2, -0.15) is 11.8 Å². The Morgan fingerprint density at radius 3 is 2.15 bits per heavy atom. The Kier molecular flexibility index (Phi) is 8.01. The van der Waals surface area contributed by atoms with E-state index in [-0.39, 0.29) is 17.2 Å².